The van der Waals surface area contributed by atoms with Crippen molar-refractivity contribution in [3.8, 4) is 17.6 Å². The quantitative estimate of drug-likeness (QED) is 0.749. The highest BCUT2D eigenvalue weighted by Gasteiger charge is 2.08. The number of carbonyl (C=O) groups excluding carboxylic acids is 1. The zero-order chi connectivity index (χ0) is 16.4. The summed E-state index contributed by atoms with van der Waals surface area (Å²) in [6, 6.07) is 7.38. The van der Waals surface area contributed by atoms with Gasteiger partial charge in [-0.3, -0.25) is 4.79 Å². The first-order chi connectivity index (χ1) is 10.6. The Morgan fingerprint density at radius 1 is 1.32 bits per heavy atom. The highest BCUT2D eigenvalue weighted by atomic mass is 16.5. The molecule has 0 aromatic heterocycles. The summed E-state index contributed by atoms with van der Waals surface area (Å²) in [5.41, 5.74) is 0.898. The molecule has 1 aromatic rings. The Morgan fingerprint density at radius 2 is 2.09 bits per heavy atom. The lowest BCUT2D eigenvalue weighted by atomic mass is 10.2. The predicted octanol–water partition coefficient (Wildman–Crippen LogP) is 1.56. The lowest BCUT2D eigenvalue weighted by Crippen LogP contribution is -2.22. The maximum Gasteiger partial charge on any atom is 0.234 e. The zero-order valence-corrected chi connectivity index (χ0v) is 13.4. The zero-order valence-electron chi connectivity index (χ0n) is 13.4. The van der Waals surface area contributed by atoms with E-state index in [1.807, 2.05) is 50.2 Å². The van der Waals surface area contributed by atoms with Gasteiger partial charge >= 0.3 is 0 Å². The van der Waals surface area contributed by atoms with Gasteiger partial charge in [0.25, 0.3) is 0 Å². The van der Waals surface area contributed by atoms with Gasteiger partial charge in [0.15, 0.2) is 11.5 Å². The van der Waals surface area contributed by atoms with E-state index in [1.165, 1.54) is 0 Å². The van der Waals surface area contributed by atoms with Crippen LogP contribution >= 0.6 is 0 Å². The average Bonchev–Trinajstić information content (AvgIpc) is 2.47. The maximum absolute atomic E-state index is 11.3. The van der Waals surface area contributed by atoms with Crippen LogP contribution in [-0.4, -0.2) is 44.7 Å². The van der Waals surface area contributed by atoms with Crippen molar-refractivity contribution in [1.29, 1.82) is 5.26 Å². The molecule has 0 aliphatic rings. The summed E-state index contributed by atoms with van der Waals surface area (Å²) in [5.74, 6) is 1.07. The molecule has 0 aliphatic heterocycles. The minimum atomic E-state index is -0.285. The number of amides is 1. The van der Waals surface area contributed by atoms with Gasteiger partial charge in [0.1, 0.15) is 13.0 Å². The number of benzene rings is 1. The van der Waals surface area contributed by atoms with Crippen LogP contribution in [0.5, 0.6) is 11.5 Å². The fourth-order valence-corrected chi connectivity index (χ4v) is 1.72. The van der Waals surface area contributed by atoms with Crippen LogP contribution in [0.2, 0.25) is 0 Å². The topological polar surface area (TPSA) is 74.6 Å². The monoisotopic (exact) mass is 305 g/mol. The highest BCUT2D eigenvalue weighted by molar-refractivity contribution is 5.77. The molecule has 0 radical (unpaired) electrons. The lowest BCUT2D eigenvalue weighted by molar-refractivity contribution is -0.120. The van der Waals surface area contributed by atoms with Gasteiger partial charge in [-0.2, -0.15) is 5.26 Å². The van der Waals surface area contributed by atoms with Crippen molar-refractivity contribution in [1.82, 2.24) is 10.2 Å². The molecule has 6 heteroatoms. The third-order valence-corrected chi connectivity index (χ3v) is 2.83. The van der Waals surface area contributed by atoms with Gasteiger partial charge < -0.3 is 19.7 Å². The van der Waals surface area contributed by atoms with Gasteiger partial charge in [0, 0.05) is 13.1 Å². The Balaban J connectivity index is 2.68. The first kappa shape index (κ1) is 17.8. The Bertz CT molecular complexity index is 524. The Kier molecular flexibility index (Phi) is 7.79. The van der Waals surface area contributed by atoms with Crippen LogP contribution in [0.3, 0.4) is 0 Å². The fraction of sp³-hybridized carbons (Fsp3) is 0.500. The van der Waals surface area contributed by atoms with E-state index in [2.05, 4.69) is 5.32 Å². The Hall–Kier alpha value is -2.26. The molecule has 1 amide bonds. The summed E-state index contributed by atoms with van der Waals surface area (Å²) in [5, 5.41) is 11.1. The minimum Gasteiger partial charge on any atom is -0.490 e. The van der Waals surface area contributed by atoms with Crippen molar-refractivity contribution in [2.24, 2.45) is 0 Å². The molecular weight excluding hydrogens is 282 g/mol. The number of nitrogens with one attached hydrogen (secondary N) is 1. The van der Waals surface area contributed by atoms with E-state index in [9.17, 15) is 4.79 Å². The van der Waals surface area contributed by atoms with Gasteiger partial charge in [0.05, 0.1) is 12.7 Å². The second kappa shape index (κ2) is 9.64. The van der Waals surface area contributed by atoms with Gasteiger partial charge in [-0.25, -0.2) is 0 Å². The van der Waals surface area contributed by atoms with Crippen LogP contribution in [0.25, 0.3) is 0 Å². The molecule has 0 bridgehead atoms. The molecular formula is C16H23N3O3. The third-order valence-electron chi connectivity index (χ3n) is 2.83. The van der Waals surface area contributed by atoms with E-state index in [4.69, 9.17) is 14.7 Å². The molecule has 6 nitrogen and oxygen atoms in total. The molecule has 1 rings (SSSR count). The van der Waals surface area contributed by atoms with Crippen LogP contribution in [0.4, 0.5) is 0 Å². The highest BCUT2D eigenvalue weighted by Crippen LogP contribution is 2.28. The van der Waals surface area contributed by atoms with Crippen LogP contribution < -0.4 is 14.8 Å². The largest absolute Gasteiger partial charge is 0.490 e. The van der Waals surface area contributed by atoms with Crippen LogP contribution in [0.15, 0.2) is 18.2 Å². The number of ether oxygens (including phenoxy) is 2. The number of hydrogen-bond donors (Lipinski definition) is 1. The minimum absolute atomic E-state index is 0.135. The number of nitriles is 1. The smallest absolute Gasteiger partial charge is 0.234 e. The molecule has 120 valence electrons. The number of hydrogen-bond acceptors (Lipinski definition) is 5. The van der Waals surface area contributed by atoms with Crippen LogP contribution in [0.1, 0.15) is 18.9 Å². The number of nitrogens with zero attached hydrogens (tertiary/aromatic N) is 2. The summed E-state index contributed by atoms with van der Waals surface area (Å²) in [4.78, 5) is 13.3. The molecule has 1 N–H and O–H groups in total. The Labute approximate surface area is 131 Å². The molecule has 1 aromatic carbocycles. The molecule has 0 atom stereocenters. The molecule has 0 saturated carbocycles. The van der Waals surface area contributed by atoms with Crippen LogP contribution in [0, 0.1) is 11.3 Å². The van der Waals surface area contributed by atoms with E-state index < -0.39 is 0 Å². The third kappa shape index (κ3) is 6.46. The van der Waals surface area contributed by atoms with E-state index in [1.54, 1.807) is 0 Å². The molecule has 0 heterocycles. The van der Waals surface area contributed by atoms with Crippen molar-refractivity contribution in [3.63, 3.8) is 0 Å². The van der Waals surface area contributed by atoms with Gasteiger partial charge in [-0.05, 0) is 38.7 Å². The van der Waals surface area contributed by atoms with Gasteiger partial charge in [-0.1, -0.05) is 6.07 Å². The number of likely N-dealkylation sites (N-methyl/N-ethyl adjacent to an activating group) is 1. The summed E-state index contributed by atoms with van der Waals surface area (Å²) in [6.07, 6.45) is -0.135. The second-order valence-electron chi connectivity index (χ2n) is 4.98. The van der Waals surface area contributed by atoms with Crippen molar-refractivity contribution in [3.05, 3.63) is 23.8 Å². The van der Waals surface area contributed by atoms with E-state index in [0.717, 1.165) is 12.1 Å². The summed E-state index contributed by atoms with van der Waals surface area (Å²) in [7, 11) is 3.97. The van der Waals surface area contributed by atoms with E-state index in [0.29, 0.717) is 31.3 Å². The first-order valence-corrected chi connectivity index (χ1v) is 7.23. The number of carbonyl (C=O) groups is 1. The van der Waals surface area contributed by atoms with Crippen LogP contribution in [-0.2, 0) is 11.3 Å². The summed E-state index contributed by atoms with van der Waals surface area (Å²) < 4.78 is 11.3. The molecule has 0 aliphatic carbocycles. The SMILES string of the molecule is CCOc1cc(CNC(=O)CC#N)ccc1OCCN(C)C. The predicted molar refractivity (Wildman–Crippen MR) is 83.7 cm³/mol. The van der Waals surface area contributed by atoms with E-state index in [-0.39, 0.29) is 12.3 Å². The van der Waals surface area contributed by atoms with Crippen molar-refractivity contribution >= 4 is 5.91 Å². The molecule has 0 saturated heterocycles. The molecule has 0 spiro atoms. The van der Waals surface area contributed by atoms with Gasteiger partial charge in [0.2, 0.25) is 5.91 Å². The first-order valence-electron chi connectivity index (χ1n) is 7.23. The molecule has 0 unspecified atom stereocenters. The van der Waals surface area contributed by atoms with Crippen molar-refractivity contribution in [2.75, 3.05) is 33.9 Å². The Morgan fingerprint density at radius 3 is 2.73 bits per heavy atom. The summed E-state index contributed by atoms with van der Waals surface area (Å²) in [6.45, 7) is 4.20. The average molecular weight is 305 g/mol. The number of rotatable bonds is 9. The van der Waals surface area contributed by atoms with Gasteiger partial charge in [-0.15, -0.1) is 0 Å². The van der Waals surface area contributed by atoms with Crippen molar-refractivity contribution < 1.29 is 14.3 Å². The molecule has 22 heavy (non-hydrogen) atoms. The summed E-state index contributed by atoms with van der Waals surface area (Å²) >= 11 is 0. The molecule has 0 fully saturated rings. The lowest BCUT2D eigenvalue weighted by Gasteiger charge is -2.15. The van der Waals surface area contributed by atoms with E-state index >= 15 is 0 Å². The standard InChI is InChI=1S/C16H23N3O3/c1-4-21-15-11-13(12-18-16(20)7-8-17)5-6-14(15)22-10-9-19(2)3/h5-6,11H,4,7,9-10,12H2,1-3H3,(H,18,20). The fourth-order valence-electron chi connectivity index (χ4n) is 1.72. The maximum atomic E-state index is 11.3. The normalized spacial score (nSPS) is 10.1. The van der Waals surface area contributed by atoms with Crippen molar-refractivity contribution in [2.45, 2.75) is 19.9 Å². The second-order valence-corrected chi connectivity index (χ2v) is 4.98.